The topological polar surface area (TPSA) is 126 Å². The van der Waals surface area contributed by atoms with E-state index in [0.29, 0.717) is 17.8 Å². The molecule has 2 heterocycles. The molecule has 7 nitrogen and oxygen atoms in total. The first-order valence-corrected chi connectivity index (χ1v) is 6.62. The van der Waals surface area contributed by atoms with Crippen LogP contribution in [0.2, 0.25) is 0 Å². The van der Waals surface area contributed by atoms with Crippen LogP contribution < -0.4 is 5.73 Å². The number of thiocarbonyl (C=S) groups is 1. The summed E-state index contributed by atoms with van der Waals surface area (Å²) < 4.78 is 0. The summed E-state index contributed by atoms with van der Waals surface area (Å²) in [6.45, 7) is 0. The van der Waals surface area contributed by atoms with Crippen molar-refractivity contribution in [1.82, 2.24) is 9.97 Å². The zero-order valence-electron chi connectivity index (χ0n) is 11.8. The maximum atomic E-state index is 9.55. The third kappa shape index (κ3) is 6.44. The van der Waals surface area contributed by atoms with Crippen LogP contribution in [0, 0.1) is 0 Å². The van der Waals surface area contributed by atoms with E-state index in [9.17, 15) is 9.59 Å². The van der Waals surface area contributed by atoms with Gasteiger partial charge in [0.15, 0.2) is 0 Å². The molecule has 0 aromatic carbocycles. The van der Waals surface area contributed by atoms with E-state index in [1.165, 1.54) is 0 Å². The van der Waals surface area contributed by atoms with Crippen LogP contribution in [0.5, 0.6) is 0 Å². The molecule has 0 fully saturated rings. The van der Waals surface area contributed by atoms with Crippen LogP contribution in [-0.2, 0) is 9.59 Å². The van der Waals surface area contributed by atoms with Gasteiger partial charge in [0.2, 0.25) is 0 Å². The van der Waals surface area contributed by atoms with E-state index < -0.39 is 11.9 Å². The Balaban J connectivity index is 0.000000284. The normalized spacial score (nSPS) is 9.74. The summed E-state index contributed by atoms with van der Waals surface area (Å²) in [5, 5.41) is 15.6. The number of rotatable bonds is 4. The van der Waals surface area contributed by atoms with Gasteiger partial charge in [-0.2, -0.15) is 0 Å². The molecule has 23 heavy (non-hydrogen) atoms. The Labute approximate surface area is 137 Å². The Hall–Kier alpha value is -3.13. The summed E-state index contributed by atoms with van der Waals surface area (Å²) in [6.07, 6.45) is 4.51. The van der Waals surface area contributed by atoms with Crippen LogP contribution in [0.15, 0.2) is 54.9 Å². The Morgan fingerprint density at radius 2 is 1.61 bits per heavy atom. The lowest BCUT2D eigenvalue weighted by molar-refractivity contribution is -0.134. The molecule has 0 spiro atoms. The van der Waals surface area contributed by atoms with Crippen molar-refractivity contribution in [3.63, 3.8) is 0 Å². The van der Waals surface area contributed by atoms with Crippen LogP contribution in [0.25, 0.3) is 11.3 Å². The highest BCUT2D eigenvalue weighted by Gasteiger charge is 2.08. The molecule has 4 N–H and O–H groups in total. The number of nitrogens with zero attached hydrogens (tertiary/aromatic N) is 2. The number of aromatic nitrogens is 2. The van der Waals surface area contributed by atoms with Crippen molar-refractivity contribution >= 4 is 29.1 Å². The van der Waals surface area contributed by atoms with Crippen molar-refractivity contribution in [3.05, 3.63) is 60.6 Å². The van der Waals surface area contributed by atoms with Gasteiger partial charge in [-0.25, -0.2) is 9.59 Å². The van der Waals surface area contributed by atoms with Crippen LogP contribution in [-0.4, -0.2) is 37.1 Å². The molecular weight excluding hydrogens is 318 g/mol. The van der Waals surface area contributed by atoms with Gasteiger partial charge in [0.05, 0.1) is 5.69 Å². The van der Waals surface area contributed by atoms with E-state index in [0.717, 1.165) is 11.3 Å². The second kappa shape index (κ2) is 9.00. The second-order valence-corrected chi connectivity index (χ2v) is 4.43. The van der Waals surface area contributed by atoms with Crippen LogP contribution in [0.3, 0.4) is 0 Å². The molecule has 0 amide bonds. The quantitative estimate of drug-likeness (QED) is 0.568. The lowest BCUT2D eigenvalue weighted by Gasteiger charge is -2.05. The first-order valence-electron chi connectivity index (χ1n) is 6.22. The van der Waals surface area contributed by atoms with Crippen molar-refractivity contribution < 1.29 is 19.8 Å². The number of carbonyl (C=O) groups is 2. The van der Waals surface area contributed by atoms with E-state index in [2.05, 4.69) is 9.97 Å². The molecule has 0 saturated heterocycles. The van der Waals surface area contributed by atoms with Gasteiger partial charge in [0.25, 0.3) is 0 Å². The van der Waals surface area contributed by atoms with Crippen molar-refractivity contribution in [2.45, 2.75) is 0 Å². The number of carboxylic acid groups (broad SMARTS) is 2. The Kier molecular flexibility index (Phi) is 7.02. The predicted octanol–water partition coefficient (Wildman–Crippen LogP) is 1.49. The molecule has 118 valence electrons. The maximum absolute atomic E-state index is 9.55. The molecule has 8 heteroatoms. The highest BCUT2D eigenvalue weighted by atomic mass is 32.1. The van der Waals surface area contributed by atoms with Crippen LogP contribution >= 0.6 is 12.2 Å². The average molecular weight is 331 g/mol. The van der Waals surface area contributed by atoms with Gasteiger partial charge >= 0.3 is 11.9 Å². The zero-order valence-corrected chi connectivity index (χ0v) is 12.6. The molecule has 2 aromatic rings. The van der Waals surface area contributed by atoms with Gasteiger partial charge in [-0.3, -0.25) is 9.97 Å². The van der Waals surface area contributed by atoms with Crippen molar-refractivity contribution in [1.29, 1.82) is 0 Å². The number of carboxylic acids is 2. The maximum Gasteiger partial charge on any atom is 0.328 e. The molecule has 0 saturated carbocycles. The molecule has 2 aromatic heterocycles. The minimum Gasteiger partial charge on any atom is -0.478 e. The van der Waals surface area contributed by atoms with Crippen molar-refractivity contribution in [3.8, 4) is 11.3 Å². The van der Waals surface area contributed by atoms with E-state index in [1.807, 2.05) is 30.3 Å². The Morgan fingerprint density at radius 1 is 1.00 bits per heavy atom. The summed E-state index contributed by atoms with van der Waals surface area (Å²) in [6, 6.07) is 9.42. The summed E-state index contributed by atoms with van der Waals surface area (Å²) in [7, 11) is 0. The SMILES string of the molecule is NC(=S)c1ncccc1-c1ccccn1.O=C(O)/C=C/C(=O)O. The highest BCUT2D eigenvalue weighted by molar-refractivity contribution is 7.80. The molecule has 0 aliphatic heterocycles. The fourth-order valence-corrected chi connectivity index (χ4v) is 1.64. The van der Waals surface area contributed by atoms with Gasteiger partial charge in [-0.1, -0.05) is 18.3 Å². The zero-order chi connectivity index (χ0) is 17.2. The molecule has 0 radical (unpaired) electrons. The smallest absolute Gasteiger partial charge is 0.328 e. The second-order valence-electron chi connectivity index (χ2n) is 3.99. The monoisotopic (exact) mass is 331 g/mol. The number of pyridine rings is 2. The summed E-state index contributed by atoms with van der Waals surface area (Å²) in [5.41, 5.74) is 7.90. The summed E-state index contributed by atoms with van der Waals surface area (Å²) in [5.74, 6) is -2.51. The lowest BCUT2D eigenvalue weighted by atomic mass is 10.1. The molecule has 0 aliphatic carbocycles. The molecule has 2 rings (SSSR count). The molecule has 0 bridgehead atoms. The van der Waals surface area contributed by atoms with Crippen LogP contribution in [0.1, 0.15) is 5.69 Å². The number of hydrogen-bond donors (Lipinski definition) is 3. The molecule has 0 atom stereocenters. The third-order valence-corrected chi connectivity index (χ3v) is 2.54. The molecule has 0 aliphatic rings. The minimum atomic E-state index is -1.26. The fraction of sp³-hybridized carbons (Fsp3) is 0. The van der Waals surface area contributed by atoms with E-state index in [-0.39, 0.29) is 4.99 Å². The lowest BCUT2D eigenvalue weighted by Crippen LogP contribution is -2.13. The van der Waals surface area contributed by atoms with E-state index in [1.54, 1.807) is 12.4 Å². The molecule has 0 unspecified atom stereocenters. The van der Waals surface area contributed by atoms with E-state index in [4.69, 9.17) is 28.2 Å². The standard InChI is InChI=1S/C11H9N3S.C4H4O4/c12-11(15)10-8(4-3-7-14-10)9-5-1-2-6-13-9;5-3(6)1-2-4(7)8/h1-7H,(H2,12,15);1-2H,(H,5,6)(H,7,8)/b;2-1+. The minimum absolute atomic E-state index is 0.288. The van der Waals surface area contributed by atoms with E-state index >= 15 is 0 Å². The highest BCUT2D eigenvalue weighted by Crippen LogP contribution is 2.18. The van der Waals surface area contributed by atoms with Crippen molar-refractivity contribution in [2.75, 3.05) is 0 Å². The molecular formula is C15H13N3O4S. The van der Waals surface area contributed by atoms with Crippen molar-refractivity contribution in [2.24, 2.45) is 5.73 Å². The summed E-state index contributed by atoms with van der Waals surface area (Å²) >= 11 is 4.94. The van der Waals surface area contributed by atoms with Gasteiger partial charge in [0.1, 0.15) is 10.7 Å². The summed E-state index contributed by atoms with van der Waals surface area (Å²) in [4.78, 5) is 27.8. The first kappa shape index (κ1) is 17.9. The largest absolute Gasteiger partial charge is 0.478 e. The number of hydrogen-bond acceptors (Lipinski definition) is 5. The predicted molar refractivity (Wildman–Crippen MR) is 87.8 cm³/mol. The number of nitrogens with two attached hydrogens (primary N) is 1. The Morgan fingerprint density at radius 3 is 2.09 bits per heavy atom. The van der Waals surface area contributed by atoms with Gasteiger partial charge < -0.3 is 15.9 Å². The van der Waals surface area contributed by atoms with Gasteiger partial charge in [0, 0.05) is 30.1 Å². The third-order valence-electron chi connectivity index (χ3n) is 2.35. The van der Waals surface area contributed by atoms with Crippen LogP contribution in [0.4, 0.5) is 0 Å². The first-order chi connectivity index (χ1) is 10.9. The Bertz CT molecular complexity index is 717. The number of aliphatic carboxylic acids is 2. The van der Waals surface area contributed by atoms with Gasteiger partial charge in [-0.05, 0) is 24.3 Å². The average Bonchev–Trinajstić information content (AvgIpc) is 2.54. The fourth-order valence-electron chi connectivity index (χ4n) is 1.47. The van der Waals surface area contributed by atoms with Gasteiger partial charge in [-0.15, -0.1) is 0 Å².